The first-order valence-corrected chi connectivity index (χ1v) is 22.8. The van der Waals surface area contributed by atoms with E-state index in [1.54, 1.807) is 6.20 Å². The Bertz CT molecular complexity index is 2620. The van der Waals surface area contributed by atoms with Crippen molar-refractivity contribution in [1.82, 2.24) is 77.4 Å². The third kappa shape index (κ3) is 16.6. The number of nitrogens with one attached hydrogen (secondary N) is 12. The fraction of sp³-hybridized carbons (Fsp3) is 0.422. The van der Waals surface area contributed by atoms with Crippen LogP contribution in [0.2, 0.25) is 0 Å². The number of aromatic nitrogens is 7. The van der Waals surface area contributed by atoms with Gasteiger partial charge in [0.25, 0.3) is 0 Å². The quantitative estimate of drug-likeness (QED) is 0.0229. The van der Waals surface area contributed by atoms with Crippen molar-refractivity contribution in [2.45, 2.75) is 95.2 Å². The minimum atomic E-state index is -1.62. The molecule has 0 radical (unpaired) electrons. The number of aliphatic hydroxyl groups excluding tert-OH is 1. The topological polar surface area (TPSA) is 418 Å². The Balaban J connectivity index is 1.19. The second-order valence-electron chi connectivity index (χ2n) is 17.2. The number of fused-ring (bicyclic) bond motifs is 1. The number of para-hydroxylation sites is 1. The van der Waals surface area contributed by atoms with Crippen LogP contribution in [0.5, 0.6) is 0 Å². The van der Waals surface area contributed by atoms with Crippen molar-refractivity contribution in [3.05, 3.63) is 90.7 Å². The summed E-state index contributed by atoms with van der Waals surface area (Å²) in [4.78, 5) is 142. The van der Waals surface area contributed by atoms with E-state index in [1.165, 1.54) is 44.5 Å². The predicted octanol–water partition coefficient (Wildman–Crippen LogP) is -3.78. The Kier molecular flexibility index (Phi) is 20.1. The van der Waals surface area contributed by atoms with Gasteiger partial charge in [0, 0.05) is 72.0 Å². The fourth-order valence-electron chi connectivity index (χ4n) is 7.33. The van der Waals surface area contributed by atoms with Crippen molar-refractivity contribution in [2.75, 3.05) is 19.7 Å². The summed E-state index contributed by atoms with van der Waals surface area (Å²) in [6.45, 7) is 2.56. The highest BCUT2D eigenvalue weighted by molar-refractivity contribution is 5.97. The number of carboxylic acids is 1. The zero-order chi connectivity index (χ0) is 52.3. The van der Waals surface area contributed by atoms with E-state index < -0.39 is 115 Å². The average Bonchev–Trinajstić information content (AvgIpc) is 4.21. The van der Waals surface area contributed by atoms with Crippen LogP contribution in [0.25, 0.3) is 10.9 Å². The summed E-state index contributed by atoms with van der Waals surface area (Å²) in [6, 6.07) is -1.54. The molecule has 0 bridgehead atoms. The normalized spacial score (nSPS) is 14.1. The van der Waals surface area contributed by atoms with Crippen molar-refractivity contribution in [3.8, 4) is 0 Å². The number of aliphatic carboxylic acids is 1. The molecule has 0 aliphatic carbocycles. The number of hydrogen-bond donors (Lipinski definition) is 15. The van der Waals surface area contributed by atoms with Crippen LogP contribution in [0.15, 0.2) is 68.0 Å². The van der Waals surface area contributed by atoms with Gasteiger partial charge in [0.2, 0.25) is 47.3 Å². The lowest BCUT2D eigenvalue weighted by atomic mass is 10.0. The van der Waals surface area contributed by atoms with E-state index in [4.69, 9.17) is 10.8 Å². The molecule has 5 aromatic rings. The standard InChI is InChI=1S/C45H60N16O11/c1-23(2)8-32(60-44(71)35(12-28-16-49-22-55-28)59-40(67)30(46)9-25-13-50-31-7-5-4-6-29(25)31)43(70)56-24(3)39(66)58-33(10-26-14-47-20-53-26)41(68)51-17-37(63)57-36(19-62)45(72)61-34(11-27-15-48-21-54-27)42(69)52-18-38(64)65/h4-7,13-16,20-24,30,32-36,50,62H,8-12,17-19,46H2,1-3H3,(H,47,53)(H,48,54)(H,49,55)(H,51,68)(H,52,69)(H,56,70)(H,57,63)(H,58,66)(H,59,67)(H,60,71)(H,61,72)(H,64,65)/t24-,30-,32-,33-,34-,35-,36-/m0/s1. The number of amides is 8. The molecule has 16 N–H and O–H groups in total. The summed E-state index contributed by atoms with van der Waals surface area (Å²) in [7, 11) is 0. The molecular formula is C45H60N16O11. The predicted molar refractivity (Wildman–Crippen MR) is 254 cm³/mol. The Morgan fingerprint density at radius 1 is 0.569 bits per heavy atom. The van der Waals surface area contributed by atoms with Crippen molar-refractivity contribution in [3.63, 3.8) is 0 Å². The molecule has 4 aromatic heterocycles. The van der Waals surface area contributed by atoms with Gasteiger partial charge in [0.05, 0.1) is 38.2 Å². The first-order valence-electron chi connectivity index (χ1n) is 22.8. The summed E-state index contributed by atoms with van der Waals surface area (Å²) in [5.74, 6) is -8.09. The van der Waals surface area contributed by atoms with Crippen LogP contribution in [0.4, 0.5) is 0 Å². The molecule has 0 fully saturated rings. The van der Waals surface area contributed by atoms with Crippen molar-refractivity contribution in [2.24, 2.45) is 11.7 Å². The molecule has 0 unspecified atom stereocenters. The van der Waals surface area contributed by atoms with Crippen LogP contribution >= 0.6 is 0 Å². The van der Waals surface area contributed by atoms with Gasteiger partial charge < -0.3 is 78.4 Å². The lowest BCUT2D eigenvalue weighted by Crippen LogP contribution is -2.59. The van der Waals surface area contributed by atoms with Crippen LogP contribution < -0.4 is 48.3 Å². The van der Waals surface area contributed by atoms with E-state index in [-0.39, 0.29) is 38.0 Å². The van der Waals surface area contributed by atoms with E-state index in [9.17, 15) is 48.3 Å². The molecule has 4 heterocycles. The van der Waals surface area contributed by atoms with E-state index in [0.717, 1.165) is 16.5 Å². The number of benzene rings is 1. The molecule has 0 aliphatic rings. The molecule has 7 atom stereocenters. The number of carbonyl (C=O) groups is 9. The third-order valence-electron chi connectivity index (χ3n) is 11.1. The van der Waals surface area contributed by atoms with Gasteiger partial charge in [-0.2, -0.15) is 0 Å². The highest BCUT2D eigenvalue weighted by Gasteiger charge is 2.33. The number of hydrogen-bond acceptors (Lipinski definition) is 14. The largest absolute Gasteiger partial charge is 0.480 e. The number of carbonyl (C=O) groups excluding carboxylic acids is 8. The molecule has 72 heavy (non-hydrogen) atoms. The minimum absolute atomic E-state index is 0.0314. The molecular weight excluding hydrogens is 941 g/mol. The van der Waals surface area contributed by atoms with Crippen LogP contribution in [-0.4, -0.2) is 160 Å². The third-order valence-corrected chi connectivity index (χ3v) is 11.1. The number of H-pyrrole nitrogens is 4. The van der Waals surface area contributed by atoms with Crippen LogP contribution in [0, 0.1) is 5.92 Å². The maximum absolute atomic E-state index is 14.0. The second kappa shape index (κ2) is 26.5. The minimum Gasteiger partial charge on any atom is -0.480 e. The van der Waals surface area contributed by atoms with E-state index in [2.05, 4.69) is 77.4 Å². The lowest BCUT2D eigenvalue weighted by Gasteiger charge is -2.26. The van der Waals surface area contributed by atoms with Crippen LogP contribution in [0.3, 0.4) is 0 Å². The monoisotopic (exact) mass is 1000 g/mol. The zero-order valence-corrected chi connectivity index (χ0v) is 39.6. The molecule has 386 valence electrons. The molecule has 27 heteroatoms. The van der Waals surface area contributed by atoms with Crippen LogP contribution in [0.1, 0.15) is 49.8 Å². The molecule has 0 saturated heterocycles. The van der Waals surface area contributed by atoms with Crippen molar-refractivity contribution >= 4 is 64.1 Å². The number of nitrogens with two attached hydrogens (primary N) is 1. The van der Waals surface area contributed by atoms with Crippen LogP contribution in [-0.2, 0) is 68.8 Å². The molecule has 1 aromatic carbocycles. The zero-order valence-electron chi connectivity index (χ0n) is 39.6. The van der Waals surface area contributed by atoms with Gasteiger partial charge in [0.15, 0.2) is 0 Å². The maximum Gasteiger partial charge on any atom is 0.322 e. The molecule has 8 amide bonds. The van der Waals surface area contributed by atoms with E-state index in [1.807, 2.05) is 38.1 Å². The Morgan fingerprint density at radius 2 is 1.06 bits per heavy atom. The Hall–Kier alpha value is -8.46. The molecule has 0 saturated carbocycles. The number of aliphatic hydroxyl groups is 1. The number of nitrogens with zero attached hydrogens (tertiary/aromatic N) is 3. The summed E-state index contributed by atoms with van der Waals surface area (Å²) in [5.41, 5.74) is 9.35. The molecule has 0 aliphatic heterocycles. The smallest absolute Gasteiger partial charge is 0.322 e. The second-order valence-corrected chi connectivity index (χ2v) is 17.2. The van der Waals surface area contributed by atoms with Gasteiger partial charge >= 0.3 is 5.97 Å². The summed E-state index contributed by atoms with van der Waals surface area (Å²) in [6.07, 6.45) is 10.0. The maximum atomic E-state index is 14.0. The first kappa shape index (κ1) is 54.5. The van der Waals surface area contributed by atoms with Gasteiger partial charge in [-0.05, 0) is 37.3 Å². The van der Waals surface area contributed by atoms with Crippen molar-refractivity contribution < 1.29 is 53.4 Å². The summed E-state index contributed by atoms with van der Waals surface area (Å²) < 4.78 is 0. The van der Waals surface area contributed by atoms with Gasteiger partial charge in [-0.3, -0.25) is 43.2 Å². The number of imidazole rings is 3. The fourth-order valence-corrected chi connectivity index (χ4v) is 7.33. The molecule has 0 spiro atoms. The van der Waals surface area contributed by atoms with Gasteiger partial charge in [-0.1, -0.05) is 32.0 Å². The van der Waals surface area contributed by atoms with E-state index >= 15 is 0 Å². The summed E-state index contributed by atoms with van der Waals surface area (Å²) >= 11 is 0. The average molecular weight is 1000 g/mol. The van der Waals surface area contributed by atoms with E-state index in [0.29, 0.717) is 17.1 Å². The first-order chi connectivity index (χ1) is 34.4. The van der Waals surface area contributed by atoms with Gasteiger partial charge in [-0.25, -0.2) is 15.0 Å². The van der Waals surface area contributed by atoms with Crippen molar-refractivity contribution in [1.29, 1.82) is 0 Å². The van der Waals surface area contributed by atoms with Gasteiger partial charge in [0.1, 0.15) is 42.8 Å². The number of rotatable bonds is 28. The number of aromatic amines is 4. The molecule has 5 rings (SSSR count). The highest BCUT2D eigenvalue weighted by Crippen LogP contribution is 2.19. The Labute approximate surface area is 411 Å². The summed E-state index contributed by atoms with van der Waals surface area (Å²) in [5, 5.41) is 39.5. The molecule has 27 nitrogen and oxygen atoms in total. The SMILES string of the molecule is CC(C)C[C@H](NC(=O)[C@H](Cc1cnc[nH]1)NC(=O)[C@@H](N)Cc1c[nH]c2ccccc12)C(=O)N[C@@H](C)C(=O)N[C@@H](Cc1cnc[nH]1)C(=O)NCC(=O)N[C@@H](CO)C(=O)N[C@@H](Cc1cnc[nH]1)C(=O)NCC(=O)O. The lowest BCUT2D eigenvalue weighted by molar-refractivity contribution is -0.138. The number of carboxylic acid groups (broad SMARTS) is 1. The highest BCUT2D eigenvalue weighted by atomic mass is 16.4. The Morgan fingerprint density at radius 3 is 1.58 bits per heavy atom. The van der Waals surface area contributed by atoms with Gasteiger partial charge in [-0.15, -0.1) is 0 Å².